The van der Waals surface area contributed by atoms with Crippen LogP contribution in [0.5, 0.6) is 0 Å². The number of alkyl carbamates (subject to hydrolysis) is 1. The lowest BCUT2D eigenvalue weighted by molar-refractivity contribution is 0.0520. The summed E-state index contributed by atoms with van der Waals surface area (Å²) in [5, 5.41) is 3.15. The molecule has 2 heterocycles. The zero-order chi connectivity index (χ0) is 16.3. The molecule has 22 heavy (non-hydrogen) atoms. The van der Waals surface area contributed by atoms with E-state index < -0.39 is 5.60 Å². The number of ether oxygens (including phenoxy) is 1. The average molecular weight is 327 g/mol. The van der Waals surface area contributed by atoms with Crippen molar-refractivity contribution in [3.63, 3.8) is 0 Å². The molecule has 0 bridgehead atoms. The van der Waals surface area contributed by atoms with E-state index >= 15 is 0 Å². The number of nitrogen functional groups attached to an aromatic ring is 1. The number of carbonyl (C=O) groups excluding carboxylic acids is 1. The van der Waals surface area contributed by atoms with E-state index in [2.05, 4.69) is 15.2 Å². The lowest BCUT2D eigenvalue weighted by Gasteiger charge is -2.21. The number of nitrogens with one attached hydrogen (secondary N) is 1. The third-order valence-corrected chi connectivity index (χ3v) is 3.71. The van der Waals surface area contributed by atoms with Crippen molar-refractivity contribution in [3.8, 4) is 0 Å². The third-order valence-electron chi connectivity index (χ3n) is 3.41. The number of amides is 1. The molecular weight excluding hydrogens is 304 g/mol. The van der Waals surface area contributed by atoms with Gasteiger partial charge in [-0.15, -0.1) is 0 Å². The summed E-state index contributed by atoms with van der Waals surface area (Å²) in [5.41, 5.74) is 5.68. The Morgan fingerprint density at radius 1 is 1.55 bits per heavy atom. The van der Waals surface area contributed by atoms with E-state index in [9.17, 15) is 4.79 Å². The number of hydrogen-bond donors (Lipinski definition) is 2. The maximum atomic E-state index is 11.7. The summed E-state index contributed by atoms with van der Waals surface area (Å²) in [6.07, 6.45) is 0.610. The van der Waals surface area contributed by atoms with E-state index in [0.717, 1.165) is 25.3 Å². The van der Waals surface area contributed by atoms with Crippen LogP contribution in [0.15, 0.2) is 12.1 Å². The molecule has 122 valence electrons. The SMILES string of the molecule is CC(C)(C)OC(=O)NCC1CCN(c2ccc(N)c(Cl)n2)C1. The number of hydrogen-bond acceptors (Lipinski definition) is 5. The van der Waals surface area contributed by atoms with Crippen LogP contribution in [-0.4, -0.2) is 36.3 Å². The number of nitrogens with zero attached hydrogens (tertiary/aromatic N) is 2. The lowest BCUT2D eigenvalue weighted by atomic mass is 10.1. The summed E-state index contributed by atoms with van der Waals surface area (Å²) in [6, 6.07) is 3.63. The monoisotopic (exact) mass is 326 g/mol. The second-order valence-electron chi connectivity index (χ2n) is 6.53. The second-order valence-corrected chi connectivity index (χ2v) is 6.89. The zero-order valence-electron chi connectivity index (χ0n) is 13.2. The highest BCUT2D eigenvalue weighted by Gasteiger charge is 2.25. The van der Waals surface area contributed by atoms with Crippen LogP contribution in [0, 0.1) is 5.92 Å². The molecule has 3 N–H and O–H groups in total. The van der Waals surface area contributed by atoms with Crippen molar-refractivity contribution in [3.05, 3.63) is 17.3 Å². The first-order valence-electron chi connectivity index (χ1n) is 7.38. The highest BCUT2D eigenvalue weighted by atomic mass is 35.5. The van der Waals surface area contributed by atoms with E-state index in [4.69, 9.17) is 22.1 Å². The summed E-state index contributed by atoms with van der Waals surface area (Å²) < 4.78 is 5.23. The smallest absolute Gasteiger partial charge is 0.407 e. The van der Waals surface area contributed by atoms with Gasteiger partial charge in [-0.1, -0.05) is 11.6 Å². The average Bonchev–Trinajstić information content (AvgIpc) is 2.86. The van der Waals surface area contributed by atoms with Crippen LogP contribution < -0.4 is 16.0 Å². The molecule has 0 radical (unpaired) electrons. The number of aromatic nitrogens is 1. The molecule has 1 aliphatic rings. The van der Waals surface area contributed by atoms with Crippen LogP contribution in [0.25, 0.3) is 0 Å². The molecule has 0 aliphatic carbocycles. The number of pyridine rings is 1. The van der Waals surface area contributed by atoms with Crippen molar-refractivity contribution < 1.29 is 9.53 Å². The van der Waals surface area contributed by atoms with Gasteiger partial charge in [0.05, 0.1) is 5.69 Å². The normalized spacial score (nSPS) is 18.4. The summed E-state index contributed by atoms with van der Waals surface area (Å²) in [4.78, 5) is 18.1. The number of nitrogens with two attached hydrogens (primary N) is 1. The Labute approximate surface area is 136 Å². The van der Waals surface area contributed by atoms with Crippen molar-refractivity contribution in [2.75, 3.05) is 30.3 Å². The lowest BCUT2D eigenvalue weighted by Crippen LogP contribution is -2.36. The van der Waals surface area contributed by atoms with Gasteiger partial charge in [-0.25, -0.2) is 9.78 Å². The Kier molecular flexibility index (Phi) is 5.01. The van der Waals surface area contributed by atoms with Gasteiger partial charge in [0.1, 0.15) is 11.4 Å². The predicted molar refractivity (Wildman–Crippen MR) is 88.2 cm³/mol. The molecule has 0 saturated carbocycles. The first-order chi connectivity index (χ1) is 10.2. The van der Waals surface area contributed by atoms with Gasteiger partial charge in [-0.3, -0.25) is 0 Å². The maximum Gasteiger partial charge on any atom is 0.407 e. The van der Waals surface area contributed by atoms with Crippen molar-refractivity contribution in [1.82, 2.24) is 10.3 Å². The van der Waals surface area contributed by atoms with Gasteiger partial charge >= 0.3 is 6.09 Å². The molecular formula is C15H23ClN4O2. The summed E-state index contributed by atoms with van der Waals surface area (Å²) in [6.45, 7) is 7.84. The summed E-state index contributed by atoms with van der Waals surface area (Å²) in [7, 11) is 0. The Balaban J connectivity index is 1.83. The van der Waals surface area contributed by atoms with Gasteiger partial charge < -0.3 is 20.7 Å². The Morgan fingerprint density at radius 2 is 2.27 bits per heavy atom. The van der Waals surface area contributed by atoms with Crippen molar-refractivity contribution in [2.45, 2.75) is 32.8 Å². The third kappa shape index (κ3) is 4.66. The highest BCUT2D eigenvalue weighted by Crippen LogP contribution is 2.25. The molecule has 1 aromatic heterocycles. The van der Waals surface area contributed by atoms with Gasteiger partial charge in [0.25, 0.3) is 0 Å². The fraction of sp³-hybridized carbons (Fsp3) is 0.600. The van der Waals surface area contributed by atoms with Gasteiger partial charge in [0, 0.05) is 19.6 Å². The molecule has 2 rings (SSSR count). The molecule has 1 aliphatic heterocycles. The number of anilines is 2. The first kappa shape index (κ1) is 16.7. The minimum absolute atomic E-state index is 0.327. The van der Waals surface area contributed by atoms with Crippen LogP contribution in [0.4, 0.5) is 16.3 Å². The van der Waals surface area contributed by atoms with Gasteiger partial charge in [-0.2, -0.15) is 0 Å². The Morgan fingerprint density at radius 3 is 2.91 bits per heavy atom. The Bertz CT molecular complexity index is 545. The van der Waals surface area contributed by atoms with Crippen molar-refractivity contribution in [2.24, 2.45) is 5.92 Å². The fourth-order valence-electron chi connectivity index (χ4n) is 2.36. The standard InChI is InChI=1S/C15H23ClN4O2/c1-15(2,3)22-14(21)18-8-10-6-7-20(9-10)12-5-4-11(17)13(16)19-12/h4-5,10H,6-9,17H2,1-3H3,(H,18,21). The van der Waals surface area contributed by atoms with E-state index in [0.29, 0.717) is 23.3 Å². The molecule has 0 spiro atoms. The minimum atomic E-state index is -0.476. The van der Waals surface area contributed by atoms with Crippen LogP contribution >= 0.6 is 11.6 Å². The predicted octanol–water partition coefficient (Wildman–Crippen LogP) is 2.67. The molecule has 1 fully saturated rings. The van der Waals surface area contributed by atoms with Crippen LogP contribution in [0.1, 0.15) is 27.2 Å². The highest BCUT2D eigenvalue weighted by molar-refractivity contribution is 6.31. The summed E-state index contributed by atoms with van der Waals surface area (Å²) in [5.74, 6) is 1.18. The molecule has 1 unspecified atom stereocenters. The van der Waals surface area contributed by atoms with Gasteiger partial charge in [-0.05, 0) is 45.2 Å². The fourth-order valence-corrected chi connectivity index (χ4v) is 2.51. The van der Waals surface area contributed by atoms with E-state index in [1.807, 2.05) is 26.8 Å². The zero-order valence-corrected chi connectivity index (χ0v) is 14.0. The summed E-state index contributed by atoms with van der Waals surface area (Å²) >= 11 is 5.96. The largest absolute Gasteiger partial charge is 0.444 e. The van der Waals surface area contributed by atoms with E-state index in [-0.39, 0.29) is 6.09 Å². The van der Waals surface area contributed by atoms with Crippen LogP contribution in [0.2, 0.25) is 5.15 Å². The topological polar surface area (TPSA) is 80.5 Å². The quantitative estimate of drug-likeness (QED) is 0.835. The molecule has 1 aromatic rings. The van der Waals surface area contributed by atoms with Crippen molar-refractivity contribution >= 4 is 29.2 Å². The molecule has 1 amide bonds. The maximum absolute atomic E-state index is 11.7. The molecule has 1 saturated heterocycles. The van der Waals surface area contributed by atoms with Gasteiger partial charge in [0.15, 0.2) is 5.15 Å². The number of halogens is 1. The number of carbonyl (C=O) groups is 1. The molecule has 7 heteroatoms. The van der Waals surface area contributed by atoms with Crippen molar-refractivity contribution in [1.29, 1.82) is 0 Å². The molecule has 0 aromatic carbocycles. The molecule has 1 atom stereocenters. The van der Waals surface area contributed by atoms with Gasteiger partial charge in [0.2, 0.25) is 0 Å². The first-order valence-corrected chi connectivity index (χ1v) is 7.76. The number of rotatable bonds is 3. The van der Waals surface area contributed by atoms with E-state index in [1.165, 1.54) is 0 Å². The molecule has 6 nitrogen and oxygen atoms in total. The van der Waals surface area contributed by atoms with Crippen LogP contribution in [-0.2, 0) is 4.74 Å². The van der Waals surface area contributed by atoms with E-state index in [1.54, 1.807) is 6.07 Å². The Hall–Kier alpha value is -1.69. The minimum Gasteiger partial charge on any atom is -0.444 e. The second kappa shape index (κ2) is 6.60. The van der Waals surface area contributed by atoms with Crippen LogP contribution in [0.3, 0.4) is 0 Å².